The van der Waals surface area contributed by atoms with Crippen molar-refractivity contribution >= 4 is 65.8 Å². The van der Waals surface area contributed by atoms with Crippen LogP contribution in [0.3, 0.4) is 0 Å². The van der Waals surface area contributed by atoms with Gasteiger partial charge >= 0.3 is 11.6 Å². The van der Waals surface area contributed by atoms with E-state index in [1.165, 1.54) is 30.6 Å². The predicted molar refractivity (Wildman–Crippen MR) is 205 cm³/mol. The number of nitrogens with zero attached hydrogens (tertiary/aromatic N) is 3. The molecule has 6 aromatic rings. The zero-order chi connectivity index (χ0) is 37.2. The monoisotopic (exact) mass is 738 g/mol. The average Bonchev–Trinajstić information content (AvgIpc) is 3.49. The Labute approximate surface area is 306 Å². The van der Waals surface area contributed by atoms with Crippen LogP contribution in [0.4, 0.5) is 11.4 Å². The highest BCUT2D eigenvalue weighted by Crippen LogP contribution is 2.36. The lowest BCUT2D eigenvalue weighted by molar-refractivity contribution is -0.629. The van der Waals surface area contributed by atoms with Gasteiger partial charge in [0.1, 0.15) is 17.3 Å². The first kappa shape index (κ1) is 36.5. The molecular weight excluding hydrogens is 699 g/mol. The third-order valence-electron chi connectivity index (χ3n) is 9.26. The number of aryl methyl sites for hydroxylation is 3. The highest BCUT2D eigenvalue weighted by Gasteiger charge is 2.38. The summed E-state index contributed by atoms with van der Waals surface area (Å²) in [5.74, 6) is -1.28. The fourth-order valence-corrected chi connectivity index (χ4v) is 8.92. The van der Waals surface area contributed by atoms with Crippen LogP contribution in [0, 0.1) is 0 Å². The number of anilines is 2. The van der Waals surface area contributed by atoms with Crippen molar-refractivity contribution in [1.29, 1.82) is 0 Å². The van der Waals surface area contributed by atoms with Crippen LogP contribution in [-0.2, 0) is 39.4 Å². The number of sulfonamides is 1. The SMILES string of the molecule is CCc1ccc(N(C(=O)c2c(-c3sc4ccccc4[n+]3C)c(=O)oc3cc(N(CC)CC)ccc23)S(=O)(=O)c2ccc(CCC(=O)OC)cc2)cc1. The summed E-state index contributed by atoms with van der Waals surface area (Å²) < 4.78 is 43.7. The maximum absolute atomic E-state index is 15.3. The number of ether oxygens (including phenoxy) is 1. The van der Waals surface area contributed by atoms with E-state index < -0.39 is 21.6 Å². The maximum atomic E-state index is 15.3. The van der Waals surface area contributed by atoms with Crippen molar-refractivity contribution in [3.05, 3.63) is 118 Å². The zero-order valence-corrected chi connectivity index (χ0v) is 31.3. The number of methoxy groups -OCH3 is 1. The number of benzene rings is 4. The number of fused-ring (bicyclic) bond motifs is 2. The first-order valence-corrected chi connectivity index (χ1v) is 19.4. The number of hydrogen-bond acceptors (Lipinski definition) is 9. The molecule has 268 valence electrons. The van der Waals surface area contributed by atoms with Crippen molar-refractivity contribution < 1.29 is 31.7 Å². The predicted octanol–water partition coefficient (Wildman–Crippen LogP) is 7.05. The Morgan fingerprint density at radius 1 is 0.865 bits per heavy atom. The van der Waals surface area contributed by atoms with E-state index in [-0.39, 0.29) is 39.7 Å². The third kappa shape index (κ3) is 6.83. The van der Waals surface area contributed by atoms with Crippen LogP contribution in [0.5, 0.6) is 0 Å². The summed E-state index contributed by atoms with van der Waals surface area (Å²) in [4.78, 5) is 43.2. The molecule has 2 aromatic heterocycles. The Morgan fingerprint density at radius 2 is 1.52 bits per heavy atom. The number of thiazole rings is 1. The minimum atomic E-state index is -4.57. The molecule has 0 N–H and O–H groups in total. The van der Waals surface area contributed by atoms with Crippen LogP contribution in [0.2, 0.25) is 0 Å². The van der Waals surface area contributed by atoms with Gasteiger partial charge < -0.3 is 14.1 Å². The topological polar surface area (TPSA) is 118 Å². The van der Waals surface area contributed by atoms with Crippen LogP contribution >= 0.6 is 11.3 Å². The quantitative estimate of drug-likeness (QED) is 0.0745. The molecule has 10 nitrogen and oxygen atoms in total. The second kappa shape index (κ2) is 15.1. The van der Waals surface area contributed by atoms with Gasteiger partial charge in [0.05, 0.1) is 23.3 Å². The summed E-state index contributed by atoms with van der Waals surface area (Å²) in [5.41, 5.74) is 2.72. The van der Waals surface area contributed by atoms with E-state index in [0.717, 1.165) is 31.3 Å². The van der Waals surface area contributed by atoms with Crippen LogP contribution in [0.1, 0.15) is 48.7 Å². The molecule has 0 aliphatic heterocycles. The van der Waals surface area contributed by atoms with Gasteiger partial charge in [0.25, 0.3) is 20.9 Å². The van der Waals surface area contributed by atoms with Crippen molar-refractivity contribution in [2.24, 2.45) is 7.05 Å². The van der Waals surface area contributed by atoms with Gasteiger partial charge in [-0.05, 0) is 80.3 Å². The Bertz CT molecular complexity index is 2450. The number of aromatic nitrogens is 1. The Morgan fingerprint density at radius 3 is 2.15 bits per heavy atom. The normalized spacial score (nSPS) is 11.6. The lowest BCUT2D eigenvalue weighted by Crippen LogP contribution is -2.39. The molecule has 0 fully saturated rings. The van der Waals surface area contributed by atoms with Gasteiger partial charge in [-0.3, -0.25) is 9.59 Å². The van der Waals surface area contributed by atoms with E-state index >= 15 is 4.79 Å². The Kier molecular flexibility index (Phi) is 10.6. The van der Waals surface area contributed by atoms with E-state index in [0.29, 0.717) is 36.3 Å². The Balaban J connectivity index is 1.61. The minimum Gasteiger partial charge on any atom is -0.469 e. The fourth-order valence-electron chi connectivity index (χ4n) is 6.33. The first-order valence-electron chi connectivity index (χ1n) is 17.1. The molecule has 4 aromatic carbocycles. The van der Waals surface area contributed by atoms with Gasteiger partial charge in [0.15, 0.2) is 5.56 Å². The van der Waals surface area contributed by atoms with Gasteiger partial charge in [0, 0.05) is 42.7 Å². The number of esters is 1. The van der Waals surface area contributed by atoms with Crippen LogP contribution in [0.15, 0.2) is 105 Å². The zero-order valence-electron chi connectivity index (χ0n) is 29.7. The summed E-state index contributed by atoms with van der Waals surface area (Å²) in [6.07, 6.45) is 1.19. The smallest absolute Gasteiger partial charge is 0.352 e. The van der Waals surface area contributed by atoms with Gasteiger partial charge in [-0.15, -0.1) is 0 Å². The lowest BCUT2D eigenvalue weighted by Gasteiger charge is -2.25. The van der Waals surface area contributed by atoms with Crippen LogP contribution in [-0.4, -0.2) is 40.5 Å². The van der Waals surface area contributed by atoms with Gasteiger partial charge in [-0.1, -0.05) is 54.7 Å². The highest BCUT2D eigenvalue weighted by molar-refractivity contribution is 7.93. The number of rotatable bonds is 12. The number of hydrogen-bond donors (Lipinski definition) is 0. The van der Waals surface area contributed by atoms with Crippen molar-refractivity contribution in [3.8, 4) is 10.6 Å². The van der Waals surface area contributed by atoms with Gasteiger partial charge in [0.2, 0.25) is 5.52 Å². The van der Waals surface area contributed by atoms with E-state index in [4.69, 9.17) is 9.15 Å². The van der Waals surface area contributed by atoms with E-state index in [1.807, 2.05) is 55.7 Å². The van der Waals surface area contributed by atoms with Gasteiger partial charge in [-0.2, -0.15) is 8.87 Å². The molecule has 12 heteroatoms. The maximum Gasteiger partial charge on any atom is 0.352 e. The standard InChI is InChI=1S/C40H40N3O7S2/c1-6-26-13-18-28(19-14-26)43(52(47,48)30-21-15-27(16-22-30)17-24-35(44)49-5)38(45)36-31-23-20-29(42(7-2)8-3)25-33(31)50-40(46)37(36)39-41(4)32-11-9-10-12-34(32)51-39/h9-16,18-23,25H,6-8,17,24H2,1-5H3/q+1. The molecule has 1 amide bonds. The number of amides is 1. The third-order valence-corrected chi connectivity index (χ3v) is 12.2. The van der Waals surface area contributed by atoms with E-state index in [9.17, 15) is 18.0 Å². The van der Waals surface area contributed by atoms with Crippen molar-refractivity contribution in [1.82, 2.24) is 0 Å². The van der Waals surface area contributed by atoms with E-state index in [1.54, 1.807) is 55.6 Å². The molecule has 52 heavy (non-hydrogen) atoms. The molecule has 0 atom stereocenters. The minimum absolute atomic E-state index is 0.0275. The molecule has 0 spiro atoms. The summed E-state index contributed by atoms with van der Waals surface area (Å²) in [7, 11) is -1.46. The molecule has 0 radical (unpaired) electrons. The summed E-state index contributed by atoms with van der Waals surface area (Å²) in [5, 5.41) is 0.748. The number of carbonyl (C=O) groups is 2. The molecule has 0 aliphatic carbocycles. The summed E-state index contributed by atoms with van der Waals surface area (Å²) >= 11 is 1.31. The van der Waals surface area contributed by atoms with Gasteiger partial charge in [-0.25, -0.2) is 13.2 Å². The highest BCUT2D eigenvalue weighted by atomic mass is 32.2. The largest absolute Gasteiger partial charge is 0.469 e. The second-order valence-electron chi connectivity index (χ2n) is 12.2. The lowest BCUT2D eigenvalue weighted by atomic mass is 10.0. The molecule has 0 bridgehead atoms. The summed E-state index contributed by atoms with van der Waals surface area (Å²) in [6.45, 7) is 7.42. The summed E-state index contributed by atoms with van der Waals surface area (Å²) in [6, 6.07) is 25.7. The molecule has 0 aliphatic rings. The van der Waals surface area contributed by atoms with Crippen LogP contribution in [0.25, 0.3) is 31.8 Å². The Hall–Kier alpha value is -5.33. The van der Waals surface area contributed by atoms with Crippen molar-refractivity contribution in [2.75, 3.05) is 29.4 Å². The van der Waals surface area contributed by atoms with Crippen molar-refractivity contribution in [2.45, 2.75) is 44.9 Å². The fraction of sp³-hybridized carbons (Fsp3) is 0.250. The van der Waals surface area contributed by atoms with E-state index in [2.05, 4.69) is 4.90 Å². The molecule has 0 saturated heterocycles. The number of carbonyl (C=O) groups excluding carboxylic acids is 2. The second-order valence-corrected chi connectivity index (χ2v) is 15.1. The number of para-hydroxylation sites is 1. The average molecular weight is 739 g/mol. The molecule has 0 saturated carbocycles. The van der Waals surface area contributed by atoms with Crippen LogP contribution < -0.4 is 19.4 Å². The molecule has 6 rings (SSSR count). The molecule has 2 heterocycles. The first-order chi connectivity index (χ1) is 25.0. The van der Waals surface area contributed by atoms with Crippen molar-refractivity contribution in [3.63, 3.8) is 0 Å². The molecular formula is C40H40N3O7S2+. The molecule has 0 unspecified atom stereocenters.